The molecule has 0 radical (unpaired) electrons. The number of ether oxygens (including phenoxy) is 1. The topological polar surface area (TPSA) is 140 Å². The fraction of sp³-hybridized carbons (Fsp3) is 0.435. The number of hydrogen-bond acceptors (Lipinski definition) is 9. The second-order valence-corrected chi connectivity index (χ2v) is 8.85. The summed E-state index contributed by atoms with van der Waals surface area (Å²) in [6.45, 7) is 8.84. The molecule has 0 aliphatic heterocycles. The van der Waals surface area contributed by atoms with Crippen LogP contribution in [0.15, 0.2) is 30.4 Å². The summed E-state index contributed by atoms with van der Waals surface area (Å²) < 4.78 is 45.5. The van der Waals surface area contributed by atoms with Crippen LogP contribution in [0.3, 0.4) is 0 Å². The zero-order valence-electron chi connectivity index (χ0n) is 20.8. The summed E-state index contributed by atoms with van der Waals surface area (Å²) in [6.07, 6.45) is 0.715. The first-order valence-corrected chi connectivity index (χ1v) is 11.3. The highest BCUT2D eigenvalue weighted by molar-refractivity contribution is 5.75. The highest BCUT2D eigenvalue weighted by Gasteiger charge is 2.37. The molecule has 0 aliphatic carbocycles. The molecule has 10 nitrogen and oxygen atoms in total. The normalized spacial score (nSPS) is 12.5. The maximum absolute atomic E-state index is 13.4. The van der Waals surface area contributed by atoms with Crippen molar-refractivity contribution in [3.8, 4) is 22.8 Å². The molecule has 3 aromatic heterocycles. The van der Waals surface area contributed by atoms with Gasteiger partial charge in [-0.05, 0) is 18.6 Å². The third-order valence-corrected chi connectivity index (χ3v) is 4.95. The minimum Gasteiger partial charge on any atom is -0.483 e. The molecular weight excluding hydrogens is 475 g/mol. The Hall–Kier alpha value is -3.90. The van der Waals surface area contributed by atoms with E-state index in [0.29, 0.717) is 42.1 Å². The Balaban J connectivity index is 1.94. The van der Waals surface area contributed by atoms with Crippen molar-refractivity contribution in [2.24, 2.45) is 0 Å². The van der Waals surface area contributed by atoms with Crippen molar-refractivity contribution in [3.05, 3.63) is 41.9 Å². The molecule has 0 amide bonds. The summed E-state index contributed by atoms with van der Waals surface area (Å²) in [7, 11) is 1.59. The molecule has 0 aromatic carbocycles. The third-order valence-electron chi connectivity index (χ3n) is 4.95. The Labute approximate surface area is 207 Å². The molecule has 0 saturated carbocycles. The Kier molecular flexibility index (Phi) is 8.00. The number of nitrogens with one attached hydrogen (secondary N) is 3. The lowest BCUT2D eigenvalue weighted by atomic mass is 9.96. The average molecular weight is 506 g/mol. The first-order chi connectivity index (χ1) is 16.9. The quantitative estimate of drug-likeness (QED) is 0.250. The van der Waals surface area contributed by atoms with Gasteiger partial charge in [-0.3, -0.25) is 0 Å². The number of H-pyrrole nitrogens is 1. The molecule has 5 N–H and O–H groups in total. The smallest absolute Gasteiger partial charge is 0.437 e. The van der Waals surface area contributed by atoms with Crippen LogP contribution in [0, 0.1) is 0 Å². The monoisotopic (exact) mass is 505 g/mol. The van der Waals surface area contributed by atoms with Gasteiger partial charge in [0.25, 0.3) is 0 Å². The van der Waals surface area contributed by atoms with Crippen LogP contribution in [0.2, 0.25) is 0 Å². The molecule has 0 saturated heterocycles. The molecule has 0 bridgehead atoms. The van der Waals surface area contributed by atoms with Gasteiger partial charge in [0.2, 0.25) is 5.95 Å². The number of allylic oxidation sites excluding steroid dienone is 1. The lowest BCUT2D eigenvalue weighted by molar-refractivity contribution is -0.140. The van der Waals surface area contributed by atoms with E-state index in [1.54, 1.807) is 19.4 Å². The number of alkyl halides is 3. The average Bonchev–Trinajstić information content (AvgIpc) is 3.27. The summed E-state index contributed by atoms with van der Waals surface area (Å²) in [6, 6.07) is 1.63. The summed E-state index contributed by atoms with van der Waals surface area (Å²) in [5.41, 5.74) is 4.66. The summed E-state index contributed by atoms with van der Waals surface area (Å²) in [5.74, 6) is 0.859. The van der Waals surface area contributed by atoms with Crippen LogP contribution in [0.25, 0.3) is 22.8 Å². The SMILES string of the molecule is CC/C=C(\NCCNc1nccc(-c2[nH]c(C(C)(C)C)nc2-c2cnc(N)c(C(F)(F)F)n2)n1)OC. The van der Waals surface area contributed by atoms with E-state index in [4.69, 9.17) is 10.5 Å². The molecule has 0 spiro atoms. The van der Waals surface area contributed by atoms with Crippen LogP contribution in [0.5, 0.6) is 0 Å². The van der Waals surface area contributed by atoms with Crippen molar-refractivity contribution in [1.82, 2.24) is 35.2 Å². The van der Waals surface area contributed by atoms with Crippen molar-refractivity contribution in [2.75, 3.05) is 31.2 Å². The minimum atomic E-state index is -4.76. The Morgan fingerprint density at radius 2 is 1.86 bits per heavy atom. The number of nitrogen functional groups attached to an aromatic ring is 1. The molecule has 0 atom stereocenters. The fourth-order valence-electron chi connectivity index (χ4n) is 3.18. The van der Waals surface area contributed by atoms with Gasteiger partial charge in [0.15, 0.2) is 17.4 Å². The van der Waals surface area contributed by atoms with Crippen molar-refractivity contribution in [3.63, 3.8) is 0 Å². The molecule has 36 heavy (non-hydrogen) atoms. The predicted octanol–water partition coefficient (Wildman–Crippen LogP) is 4.12. The van der Waals surface area contributed by atoms with Gasteiger partial charge in [-0.1, -0.05) is 27.7 Å². The van der Waals surface area contributed by atoms with Gasteiger partial charge >= 0.3 is 6.18 Å². The summed E-state index contributed by atoms with van der Waals surface area (Å²) >= 11 is 0. The number of aromatic amines is 1. The molecule has 3 rings (SSSR count). The number of halogens is 3. The van der Waals surface area contributed by atoms with E-state index < -0.39 is 23.1 Å². The van der Waals surface area contributed by atoms with Crippen LogP contribution in [-0.4, -0.2) is 50.1 Å². The fourth-order valence-corrected chi connectivity index (χ4v) is 3.18. The van der Waals surface area contributed by atoms with Gasteiger partial charge in [0.05, 0.1) is 24.7 Å². The van der Waals surface area contributed by atoms with E-state index in [2.05, 4.69) is 40.5 Å². The Morgan fingerprint density at radius 3 is 2.50 bits per heavy atom. The Morgan fingerprint density at radius 1 is 1.11 bits per heavy atom. The van der Waals surface area contributed by atoms with E-state index in [1.165, 1.54) is 6.20 Å². The van der Waals surface area contributed by atoms with Gasteiger partial charge in [-0.15, -0.1) is 0 Å². The number of nitrogens with two attached hydrogens (primary N) is 1. The van der Waals surface area contributed by atoms with Gasteiger partial charge in [-0.2, -0.15) is 13.2 Å². The van der Waals surface area contributed by atoms with Crippen molar-refractivity contribution in [2.45, 2.75) is 45.7 Å². The number of imidazole rings is 1. The molecule has 0 unspecified atom stereocenters. The number of hydrogen-bond donors (Lipinski definition) is 4. The molecule has 194 valence electrons. The van der Waals surface area contributed by atoms with Gasteiger partial charge in [0, 0.05) is 24.7 Å². The highest BCUT2D eigenvalue weighted by atomic mass is 19.4. The van der Waals surface area contributed by atoms with Crippen LogP contribution in [0.4, 0.5) is 24.9 Å². The van der Waals surface area contributed by atoms with Gasteiger partial charge in [0.1, 0.15) is 17.2 Å². The standard InChI is InChI=1S/C23H30F3N9O/c1-6-7-15(36-5)28-10-11-30-21-29-9-8-13(33-21)16-17(35-20(34-16)22(2,3)4)14-12-31-19(27)18(32-14)23(24,25)26/h7-9,12,28H,6,10-11H2,1-5H3,(H2,27,31)(H,34,35)(H,29,30,33)/b15-7+. The van der Waals surface area contributed by atoms with Gasteiger partial charge in [-0.25, -0.2) is 24.9 Å². The summed E-state index contributed by atoms with van der Waals surface area (Å²) in [5, 5.41) is 6.26. The van der Waals surface area contributed by atoms with E-state index in [0.717, 1.165) is 6.42 Å². The van der Waals surface area contributed by atoms with E-state index >= 15 is 0 Å². The predicted molar refractivity (Wildman–Crippen MR) is 131 cm³/mol. The number of methoxy groups -OCH3 is 1. The lowest BCUT2D eigenvalue weighted by Crippen LogP contribution is -2.23. The lowest BCUT2D eigenvalue weighted by Gasteiger charge is -2.14. The maximum atomic E-state index is 13.4. The first-order valence-electron chi connectivity index (χ1n) is 11.3. The zero-order valence-corrected chi connectivity index (χ0v) is 20.8. The second-order valence-electron chi connectivity index (χ2n) is 8.85. The van der Waals surface area contributed by atoms with Crippen molar-refractivity contribution < 1.29 is 17.9 Å². The first kappa shape index (κ1) is 26.7. The van der Waals surface area contributed by atoms with Crippen molar-refractivity contribution in [1.29, 1.82) is 0 Å². The number of aromatic nitrogens is 6. The maximum Gasteiger partial charge on any atom is 0.437 e. The molecule has 13 heteroatoms. The number of anilines is 2. The number of nitrogens with zero attached hydrogens (tertiary/aromatic N) is 5. The minimum absolute atomic E-state index is 0.0783. The molecule has 0 aliphatic rings. The largest absolute Gasteiger partial charge is 0.483 e. The highest BCUT2D eigenvalue weighted by Crippen LogP contribution is 2.35. The molecule has 3 heterocycles. The third kappa shape index (κ3) is 6.40. The van der Waals surface area contributed by atoms with Crippen molar-refractivity contribution >= 4 is 11.8 Å². The number of rotatable bonds is 9. The summed E-state index contributed by atoms with van der Waals surface area (Å²) in [4.78, 5) is 23.9. The van der Waals surface area contributed by atoms with Crippen LogP contribution >= 0.6 is 0 Å². The van der Waals surface area contributed by atoms with E-state index in [1.807, 2.05) is 33.8 Å². The zero-order chi connectivity index (χ0) is 26.5. The van der Waals surface area contributed by atoms with Crippen LogP contribution < -0.4 is 16.4 Å². The van der Waals surface area contributed by atoms with E-state index in [-0.39, 0.29) is 11.4 Å². The molecular formula is C23H30F3N9O. The van der Waals surface area contributed by atoms with Gasteiger partial charge < -0.3 is 26.1 Å². The Bertz CT molecular complexity index is 1220. The second kappa shape index (κ2) is 10.8. The molecule has 0 fully saturated rings. The molecule has 3 aromatic rings. The van der Waals surface area contributed by atoms with E-state index in [9.17, 15) is 13.2 Å². The van der Waals surface area contributed by atoms with Crippen LogP contribution in [-0.2, 0) is 16.3 Å². The van der Waals surface area contributed by atoms with Crippen LogP contribution in [0.1, 0.15) is 45.6 Å².